The van der Waals surface area contributed by atoms with E-state index in [0.29, 0.717) is 22.7 Å². The van der Waals surface area contributed by atoms with E-state index in [-0.39, 0.29) is 55.0 Å². The normalized spacial score (nSPS) is 13.6. The molecule has 4 rings (SSSR count). The second kappa shape index (κ2) is 10.6. The Balaban J connectivity index is 1.49. The van der Waals surface area contributed by atoms with Gasteiger partial charge < -0.3 is 19.2 Å². The van der Waals surface area contributed by atoms with Gasteiger partial charge in [-0.1, -0.05) is 13.0 Å². The molecule has 1 N–H and O–H groups in total. The maximum absolute atomic E-state index is 12.8. The second-order valence-electron chi connectivity index (χ2n) is 8.82. The van der Waals surface area contributed by atoms with Crippen LogP contribution in [0.1, 0.15) is 58.1 Å². The third kappa shape index (κ3) is 5.56. The molecule has 0 spiro atoms. The largest absolute Gasteiger partial charge is 0.485 e. The van der Waals surface area contributed by atoms with E-state index < -0.39 is 0 Å². The number of nitrogens with zero attached hydrogens (tertiary/aromatic N) is 2. The van der Waals surface area contributed by atoms with Gasteiger partial charge in [-0.05, 0) is 68.7 Å². The van der Waals surface area contributed by atoms with Crippen LogP contribution in [0.15, 0.2) is 47.1 Å². The molecule has 0 bridgehead atoms. The first kappa shape index (κ1) is 25.0. The molecular weight excluding hydrogens is 462 g/mol. The van der Waals surface area contributed by atoms with Gasteiger partial charge in [-0.2, -0.15) is 0 Å². The van der Waals surface area contributed by atoms with Crippen LogP contribution in [0.5, 0.6) is 11.5 Å². The summed E-state index contributed by atoms with van der Waals surface area (Å²) >= 11 is 0. The Kier molecular flexibility index (Phi) is 7.38. The third-order valence-corrected chi connectivity index (χ3v) is 6.14. The zero-order valence-corrected chi connectivity index (χ0v) is 20.8. The Morgan fingerprint density at radius 3 is 2.72 bits per heavy atom. The molecule has 1 aliphatic rings. The van der Waals surface area contributed by atoms with Gasteiger partial charge in [-0.3, -0.25) is 19.3 Å². The van der Waals surface area contributed by atoms with Gasteiger partial charge in [0, 0.05) is 11.6 Å². The predicted molar refractivity (Wildman–Crippen MR) is 133 cm³/mol. The first-order chi connectivity index (χ1) is 17.2. The molecule has 2 aromatic carbocycles. The summed E-state index contributed by atoms with van der Waals surface area (Å²) in [5, 5.41) is 2.83. The number of oxazole rings is 1. The van der Waals surface area contributed by atoms with Gasteiger partial charge >= 0.3 is 0 Å². The molecule has 2 amide bonds. The van der Waals surface area contributed by atoms with E-state index >= 15 is 0 Å². The molecular formula is C27H29N3O6. The Labute approximate surface area is 209 Å². The summed E-state index contributed by atoms with van der Waals surface area (Å²) in [7, 11) is 0. The van der Waals surface area contributed by atoms with Crippen LogP contribution in [0, 0.1) is 13.8 Å². The Bertz CT molecular complexity index is 1300. The van der Waals surface area contributed by atoms with E-state index in [4.69, 9.17) is 13.9 Å². The number of hydrogen-bond donors (Lipinski definition) is 1. The Morgan fingerprint density at radius 1 is 1.17 bits per heavy atom. The number of rotatable bonds is 9. The van der Waals surface area contributed by atoms with Crippen LogP contribution < -0.4 is 19.7 Å². The quantitative estimate of drug-likeness (QED) is 0.450. The number of Topliss-reactive ketones (excluding diaryl/α,β-unsaturated/α-hetero) is 1. The van der Waals surface area contributed by atoms with Gasteiger partial charge in [-0.25, -0.2) is 4.98 Å². The molecule has 188 valence electrons. The second-order valence-corrected chi connectivity index (χ2v) is 8.82. The van der Waals surface area contributed by atoms with E-state index in [1.54, 1.807) is 18.2 Å². The van der Waals surface area contributed by atoms with E-state index in [0.717, 1.165) is 17.5 Å². The first-order valence-corrected chi connectivity index (χ1v) is 11.8. The number of carbonyl (C=O) groups excluding carboxylic acids is 3. The molecule has 2 heterocycles. The van der Waals surface area contributed by atoms with Gasteiger partial charge in [0.15, 0.2) is 24.7 Å². The summed E-state index contributed by atoms with van der Waals surface area (Å²) in [5.74, 6) is 0.366. The molecule has 3 aromatic rings. The summed E-state index contributed by atoms with van der Waals surface area (Å²) in [6.07, 6.45) is 2.05. The SMILES string of the molecule is CC[C@@H](C)NC(=O)c1coc(CN2C(=O)COc3ccc(C(=O)COc4ccc(C)c(C)c4)cc32)n1. The van der Waals surface area contributed by atoms with E-state index in [1.165, 1.54) is 11.2 Å². The van der Waals surface area contributed by atoms with Crippen molar-refractivity contribution in [2.24, 2.45) is 0 Å². The predicted octanol–water partition coefficient (Wildman–Crippen LogP) is 4.01. The van der Waals surface area contributed by atoms with Gasteiger partial charge in [0.05, 0.1) is 5.69 Å². The number of amides is 2. The lowest BCUT2D eigenvalue weighted by atomic mass is 10.1. The smallest absolute Gasteiger partial charge is 0.273 e. The summed E-state index contributed by atoms with van der Waals surface area (Å²) in [5.41, 5.74) is 3.15. The fraction of sp³-hybridized carbons (Fsp3) is 0.333. The molecule has 0 aliphatic carbocycles. The number of aryl methyl sites for hydroxylation is 2. The fourth-order valence-electron chi connectivity index (χ4n) is 3.61. The molecule has 1 aromatic heterocycles. The number of carbonyl (C=O) groups is 3. The van der Waals surface area contributed by atoms with E-state index in [1.807, 2.05) is 45.9 Å². The standard InChI is InChI=1S/C27H29N3O6/c1-5-18(4)28-27(33)21-13-36-25(29-21)12-30-22-11-19(7-9-24(22)35-15-26(30)32)23(31)14-34-20-8-6-16(2)17(3)10-20/h6-11,13,18H,5,12,14-15H2,1-4H3,(H,28,33)/t18-/m1/s1. The lowest BCUT2D eigenvalue weighted by Gasteiger charge is -2.28. The number of benzene rings is 2. The molecule has 0 saturated carbocycles. The highest BCUT2D eigenvalue weighted by Gasteiger charge is 2.28. The highest BCUT2D eigenvalue weighted by molar-refractivity contribution is 6.02. The average Bonchev–Trinajstić information content (AvgIpc) is 3.34. The highest BCUT2D eigenvalue weighted by Crippen LogP contribution is 2.34. The van der Waals surface area contributed by atoms with Crippen LogP contribution in [0.3, 0.4) is 0 Å². The zero-order valence-electron chi connectivity index (χ0n) is 20.8. The van der Waals surface area contributed by atoms with Crippen LogP contribution in [0.25, 0.3) is 0 Å². The molecule has 9 nitrogen and oxygen atoms in total. The van der Waals surface area contributed by atoms with Crippen molar-refractivity contribution in [1.82, 2.24) is 10.3 Å². The fourth-order valence-corrected chi connectivity index (χ4v) is 3.61. The summed E-state index contributed by atoms with van der Waals surface area (Å²) in [6.45, 7) is 7.54. The van der Waals surface area contributed by atoms with Crippen molar-refractivity contribution in [2.45, 2.75) is 46.7 Å². The van der Waals surface area contributed by atoms with Crippen LogP contribution in [-0.2, 0) is 11.3 Å². The van der Waals surface area contributed by atoms with E-state index in [2.05, 4.69) is 10.3 Å². The number of hydrogen-bond acceptors (Lipinski definition) is 7. The Hall–Kier alpha value is -4.14. The number of anilines is 1. The van der Waals surface area contributed by atoms with Crippen molar-refractivity contribution in [3.8, 4) is 11.5 Å². The number of ether oxygens (including phenoxy) is 2. The monoisotopic (exact) mass is 491 g/mol. The summed E-state index contributed by atoms with van der Waals surface area (Å²) < 4.78 is 16.7. The number of ketones is 1. The van der Waals surface area contributed by atoms with Crippen molar-refractivity contribution < 1.29 is 28.3 Å². The molecule has 0 unspecified atom stereocenters. The minimum Gasteiger partial charge on any atom is -0.485 e. The van der Waals surface area contributed by atoms with Gasteiger partial charge in [0.25, 0.3) is 11.8 Å². The number of nitrogens with one attached hydrogen (secondary N) is 1. The van der Waals surface area contributed by atoms with Crippen LogP contribution >= 0.6 is 0 Å². The lowest BCUT2D eigenvalue weighted by Crippen LogP contribution is -2.38. The van der Waals surface area contributed by atoms with Crippen molar-refractivity contribution in [1.29, 1.82) is 0 Å². The lowest BCUT2D eigenvalue weighted by molar-refractivity contribution is -0.121. The maximum Gasteiger partial charge on any atom is 0.273 e. The summed E-state index contributed by atoms with van der Waals surface area (Å²) in [4.78, 5) is 43.5. The van der Waals surface area contributed by atoms with E-state index in [9.17, 15) is 14.4 Å². The van der Waals surface area contributed by atoms with Crippen molar-refractivity contribution in [3.63, 3.8) is 0 Å². The summed E-state index contributed by atoms with van der Waals surface area (Å²) in [6, 6.07) is 10.5. The maximum atomic E-state index is 12.8. The van der Waals surface area contributed by atoms with Crippen molar-refractivity contribution >= 4 is 23.3 Å². The molecule has 1 aliphatic heterocycles. The Morgan fingerprint density at radius 2 is 1.97 bits per heavy atom. The van der Waals surface area contributed by atoms with Crippen LogP contribution in [0.4, 0.5) is 5.69 Å². The molecule has 0 fully saturated rings. The van der Waals surface area contributed by atoms with Gasteiger partial charge in [0.1, 0.15) is 24.3 Å². The molecule has 0 radical (unpaired) electrons. The molecule has 1 atom stereocenters. The molecule has 9 heteroatoms. The van der Waals surface area contributed by atoms with Crippen LogP contribution in [-0.4, -0.2) is 41.8 Å². The number of aromatic nitrogens is 1. The molecule has 0 saturated heterocycles. The molecule has 36 heavy (non-hydrogen) atoms. The van der Waals surface area contributed by atoms with Crippen molar-refractivity contribution in [2.75, 3.05) is 18.1 Å². The average molecular weight is 492 g/mol. The minimum atomic E-state index is -0.343. The van der Waals surface area contributed by atoms with Crippen LogP contribution in [0.2, 0.25) is 0 Å². The van der Waals surface area contributed by atoms with Gasteiger partial charge in [0.2, 0.25) is 5.89 Å². The third-order valence-electron chi connectivity index (χ3n) is 6.14. The topological polar surface area (TPSA) is 111 Å². The van der Waals surface area contributed by atoms with Gasteiger partial charge in [-0.15, -0.1) is 0 Å². The first-order valence-electron chi connectivity index (χ1n) is 11.8. The highest BCUT2D eigenvalue weighted by atomic mass is 16.5. The number of fused-ring (bicyclic) bond motifs is 1. The minimum absolute atomic E-state index is 0.000293. The zero-order chi connectivity index (χ0) is 25.8. The van der Waals surface area contributed by atoms with Crippen molar-refractivity contribution in [3.05, 3.63) is 70.9 Å².